The topological polar surface area (TPSA) is 63.0 Å². The van der Waals surface area contributed by atoms with E-state index in [1.807, 2.05) is 12.1 Å². The predicted molar refractivity (Wildman–Crippen MR) is 75.3 cm³/mol. The molecular formula is C14H18N4. The lowest BCUT2D eigenvalue weighted by molar-refractivity contribution is 0.873. The van der Waals surface area contributed by atoms with Gasteiger partial charge >= 0.3 is 0 Å². The van der Waals surface area contributed by atoms with Crippen LogP contribution in [0, 0.1) is 6.92 Å². The van der Waals surface area contributed by atoms with Crippen LogP contribution in [-0.4, -0.2) is 4.98 Å². The molecule has 4 nitrogen and oxygen atoms in total. The molecule has 4 N–H and O–H groups in total. The summed E-state index contributed by atoms with van der Waals surface area (Å²) in [5, 5.41) is 3.44. The van der Waals surface area contributed by atoms with E-state index in [1.54, 1.807) is 6.20 Å². The molecule has 0 saturated carbocycles. The van der Waals surface area contributed by atoms with Crippen LogP contribution in [-0.2, 0) is 0 Å². The van der Waals surface area contributed by atoms with E-state index in [0.29, 0.717) is 5.82 Å². The highest BCUT2D eigenvalue weighted by molar-refractivity contribution is 5.52. The van der Waals surface area contributed by atoms with Crippen molar-refractivity contribution < 1.29 is 0 Å². The second kappa shape index (κ2) is 5.51. The van der Waals surface area contributed by atoms with E-state index in [-0.39, 0.29) is 6.04 Å². The number of anilines is 2. The van der Waals surface area contributed by atoms with Crippen molar-refractivity contribution in [3.05, 3.63) is 53.7 Å². The van der Waals surface area contributed by atoms with E-state index >= 15 is 0 Å². The summed E-state index contributed by atoms with van der Waals surface area (Å²) in [6, 6.07) is 12.4. The standard InChI is InChI=1S/C14H18N4/c1-10-5-3-4-6-13(10)11(2)17-12-7-8-16-14(9-12)18-15/h3-9,11H,15H2,1-2H3,(H2,16,17,18). The Kier molecular flexibility index (Phi) is 3.79. The Morgan fingerprint density at radius 2 is 2.00 bits per heavy atom. The molecule has 1 unspecified atom stereocenters. The Morgan fingerprint density at radius 1 is 1.22 bits per heavy atom. The number of aryl methyl sites for hydroxylation is 1. The number of hydrazine groups is 1. The van der Waals surface area contributed by atoms with Gasteiger partial charge in [-0.15, -0.1) is 0 Å². The minimum atomic E-state index is 0.235. The molecule has 94 valence electrons. The van der Waals surface area contributed by atoms with Crippen molar-refractivity contribution in [1.82, 2.24) is 4.98 Å². The van der Waals surface area contributed by atoms with Gasteiger partial charge in [0, 0.05) is 24.0 Å². The number of nitrogen functional groups attached to an aromatic ring is 1. The van der Waals surface area contributed by atoms with Gasteiger partial charge in [-0.25, -0.2) is 10.8 Å². The quantitative estimate of drug-likeness (QED) is 0.570. The summed E-state index contributed by atoms with van der Waals surface area (Å²) in [5.41, 5.74) is 6.10. The normalized spacial score (nSPS) is 11.9. The first-order valence-electron chi connectivity index (χ1n) is 5.95. The molecule has 0 aliphatic heterocycles. The van der Waals surface area contributed by atoms with Crippen LogP contribution in [0.25, 0.3) is 0 Å². The van der Waals surface area contributed by atoms with Crippen LogP contribution in [0.3, 0.4) is 0 Å². The zero-order valence-corrected chi connectivity index (χ0v) is 10.6. The SMILES string of the molecule is Cc1ccccc1C(C)Nc1ccnc(NN)c1. The fourth-order valence-corrected chi connectivity index (χ4v) is 2.00. The van der Waals surface area contributed by atoms with Gasteiger partial charge in [0.25, 0.3) is 0 Å². The zero-order valence-electron chi connectivity index (χ0n) is 10.6. The van der Waals surface area contributed by atoms with Crippen molar-refractivity contribution in [2.24, 2.45) is 5.84 Å². The van der Waals surface area contributed by atoms with Gasteiger partial charge in [-0.05, 0) is 31.0 Å². The molecule has 1 aromatic carbocycles. The molecule has 0 fully saturated rings. The second-order valence-electron chi connectivity index (χ2n) is 4.30. The van der Waals surface area contributed by atoms with E-state index in [0.717, 1.165) is 5.69 Å². The number of benzene rings is 1. The van der Waals surface area contributed by atoms with Crippen LogP contribution in [0.1, 0.15) is 24.1 Å². The van der Waals surface area contributed by atoms with Crippen molar-refractivity contribution in [3.8, 4) is 0 Å². The average molecular weight is 242 g/mol. The third-order valence-corrected chi connectivity index (χ3v) is 2.95. The van der Waals surface area contributed by atoms with Gasteiger partial charge in [-0.3, -0.25) is 0 Å². The maximum absolute atomic E-state index is 5.34. The van der Waals surface area contributed by atoms with E-state index in [2.05, 4.69) is 53.8 Å². The molecule has 0 bridgehead atoms. The fraction of sp³-hybridized carbons (Fsp3) is 0.214. The van der Waals surface area contributed by atoms with Crippen molar-refractivity contribution in [2.45, 2.75) is 19.9 Å². The minimum absolute atomic E-state index is 0.235. The summed E-state index contributed by atoms with van der Waals surface area (Å²) in [7, 11) is 0. The summed E-state index contributed by atoms with van der Waals surface area (Å²) in [5.74, 6) is 5.99. The number of aromatic nitrogens is 1. The number of nitrogens with two attached hydrogens (primary N) is 1. The number of nitrogens with zero attached hydrogens (tertiary/aromatic N) is 1. The predicted octanol–water partition coefficient (Wildman–Crippen LogP) is 2.85. The van der Waals surface area contributed by atoms with Crippen LogP contribution < -0.4 is 16.6 Å². The van der Waals surface area contributed by atoms with Gasteiger partial charge in [0.2, 0.25) is 0 Å². The molecule has 1 atom stereocenters. The molecule has 0 saturated heterocycles. The Balaban J connectivity index is 2.16. The smallest absolute Gasteiger partial charge is 0.141 e. The number of hydrogen-bond acceptors (Lipinski definition) is 4. The highest BCUT2D eigenvalue weighted by Gasteiger charge is 2.07. The minimum Gasteiger partial charge on any atom is -0.378 e. The first kappa shape index (κ1) is 12.4. The fourth-order valence-electron chi connectivity index (χ4n) is 2.00. The molecule has 0 spiro atoms. The zero-order chi connectivity index (χ0) is 13.0. The number of hydrogen-bond donors (Lipinski definition) is 3. The first-order chi connectivity index (χ1) is 8.70. The molecule has 4 heteroatoms. The van der Waals surface area contributed by atoms with Crippen LogP contribution in [0.2, 0.25) is 0 Å². The van der Waals surface area contributed by atoms with Crippen molar-refractivity contribution in [2.75, 3.05) is 10.7 Å². The number of pyridine rings is 1. The highest BCUT2D eigenvalue weighted by Crippen LogP contribution is 2.22. The number of nitrogens with one attached hydrogen (secondary N) is 2. The van der Waals surface area contributed by atoms with E-state index in [1.165, 1.54) is 11.1 Å². The maximum Gasteiger partial charge on any atom is 0.141 e. The molecule has 0 aliphatic carbocycles. The average Bonchev–Trinajstić information content (AvgIpc) is 2.39. The Morgan fingerprint density at radius 3 is 2.72 bits per heavy atom. The van der Waals surface area contributed by atoms with Gasteiger partial charge in [0.05, 0.1) is 0 Å². The summed E-state index contributed by atoms with van der Waals surface area (Å²) in [6.45, 7) is 4.26. The lowest BCUT2D eigenvalue weighted by Gasteiger charge is -2.18. The molecule has 0 radical (unpaired) electrons. The Hall–Kier alpha value is -2.07. The molecule has 1 aromatic heterocycles. The monoisotopic (exact) mass is 242 g/mol. The summed E-state index contributed by atoms with van der Waals surface area (Å²) < 4.78 is 0. The lowest BCUT2D eigenvalue weighted by Crippen LogP contribution is -2.11. The highest BCUT2D eigenvalue weighted by atomic mass is 15.2. The van der Waals surface area contributed by atoms with Gasteiger partial charge in [-0.1, -0.05) is 24.3 Å². The Bertz CT molecular complexity index is 525. The number of rotatable bonds is 4. The van der Waals surface area contributed by atoms with Gasteiger partial charge in [0.1, 0.15) is 5.82 Å². The van der Waals surface area contributed by atoms with Crippen LogP contribution in [0.5, 0.6) is 0 Å². The van der Waals surface area contributed by atoms with Crippen molar-refractivity contribution in [1.29, 1.82) is 0 Å². The first-order valence-corrected chi connectivity index (χ1v) is 5.95. The Labute approximate surface area is 107 Å². The third kappa shape index (κ3) is 2.78. The summed E-state index contributed by atoms with van der Waals surface area (Å²) in [4.78, 5) is 4.08. The van der Waals surface area contributed by atoms with Crippen molar-refractivity contribution >= 4 is 11.5 Å². The summed E-state index contributed by atoms with van der Waals surface area (Å²) >= 11 is 0. The van der Waals surface area contributed by atoms with Crippen LogP contribution in [0.15, 0.2) is 42.6 Å². The van der Waals surface area contributed by atoms with Crippen LogP contribution >= 0.6 is 0 Å². The molecule has 0 aliphatic rings. The lowest BCUT2D eigenvalue weighted by atomic mass is 10.0. The molecule has 0 amide bonds. The van der Waals surface area contributed by atoms with Gasteiger partial charge < -0.3 is 10.7 Å². The van der Waals surface area contributed by atoms with Gasteiger partial charge in [-0.2, -0.15) is 0 Å². The molecular weight excluding hydrogens is 224 g/mol. The molecule has 2 aromatic rings. The molecule has 18 heavy (non-hydrogen) atoms. The maximum atomic E-state index is 5.34. The summed E-state index contributed by atoms with van der Waals surface area (Å²) in [6.07, 6.45) is 1.72. The van der Waals surface area contributed by atoms with Crippen molar-refractivity contribution in [3.63, 3.8) is 0 Å². The third-order valence-electron chi connectivity index (χ3n) is 2.95. The molecule has 2 rings (SSSR count). The van der Waals surface area contributed by atoms with Gasteiger partial charge in [0.15, 0.2) is 0 Å². The largest absolute Gasteiger partial charge is 0.378 e. The second-order valence-corrected chi connectivity index (χ2v) is 4.30. The van der Waals surface area contributed by atoms with E-state index in [9.17, 15) is 0 Å². The van der Waals surface area contributed by atoms with E-state index < -0.39 is 0 Å². The van der Waals surface area contributed by atoms with E-state index in [4.69, 9.17) is 5.84 Å². The molecule has 1 heterocycles. The van der Waals surface area contributed by atoms with Crippen LogP contribution in [0.4, 0.5) is 11.5 Å².